The quantitative estimate of drug-likeness (QED) is 0.404. The summed E-state index contributed by atoms with van der Waals surface area (Å²) in [5.41, 5.74) is 1.53. The van der Waals surface area contributed by atoms with E-state index >= 15 is 0 Å². The van der Waals surface area contributed by atoms with Crippen LogP contribution in [0.3, 0.4) is 0 Å². The summed E-state index contributed by atoms with van der Waals surface area (Å²) in [4.78, 5) is 0. The van der Waals surface area contributed by atoms with Gasteiger partial charge in [0, 0.05) is 0 Å². The van der Waals surface area contributed by atoms with Crippen LogP contribution in [-0.2, 0) is 20.4 Å². The minimum absolute atomic E-state index is 0. The fourth-order valence-corrected chi connectivity index (χ4v) is 1.47. The topological polar surface area (TPSA) is 0 Å². The largest absolute Gasteiger partial charge is 1.00 e. The summed E-state index contributed by atoms with van der Waals surface area (Å²) >= 11 is 2.21. The molecule has 4 heteroatoms. The van der Waals surface area contributed by atoms with Gasteiger partial charge in [0.2, 0.25) is 0 Å². The summed E-state index contributed by atoms with van der Waals surface area (Å²) < 4.78 is 1.55. The van der Waals surface area contributed by atoms with Crippen LogP contribution in [0.5, 0.6) is 0 Å². The van der Waals surface area contributed by atoms with Crippen molar-refractivity contribution in [1.82, 2.24) is 0 Å². The first-order valence-corrected chi connectivity index (χ1v) is 3.73. The molecule has 0 radical (unpaired) electrons. The van der Waals surface area contributed by atoms with Crippen molar-refractivity contribution in [1.29, 1.82) is 0 Å². The molecule has 0 fully saturated rings. The van der Waals surface area contributed by atoms with Crippen LogP contribution in [0.25, 0.3) is 0 Å². The fourth-order valence-electron chi connectivity index (χ4n) is 0.882. The van der Waals surface area contributed by atoms with E-state index < -0.39 is 0 Å². The Balaban J connectivity index is -0.000000213. The van der Waals surface area contributed by atoms with E-state index in [1.54, 1.807) is 3.88 Å². The first-order valence-electron chi connectivity index (χ1n) is 2.94. The summed E-state index contributed by atoms with van der Waals surface area (Å²) in [5.74, 6) is 0. The van der Waals surface area contributed by atoms with E-state index in [9.17, 15) is 0 Å². The number of halogens is 3. The SMILES string of the molecule is CCC1=[C]([Ti+3])CC=C1.[Cl-].[Cl-].[Cl-]. The molecule has 0 saturated carbocycles. The summed E-state index contributed by atoms with van der Waals surface area (Å²) in [5, 5.41) is 0. The molecule has 0 atom stereocenters. The molecule has 0 aliphatic heterocycles. The Hall–Kier alpha value is 1.06. The first kappa shape index (κ1) is 18.0. The van der Waals surface area contributed by atoms with Crippen LogP contribution < -0.4 is 37.2 Å². The summed E-state index contributed by atoms with van der Waals surface area (Å²) in [7, 11) is 0. The van der Waals surface area contributed by atoms with Gasteiger partial charge >= 0.3 is 61.8 Å². The van der Waals surface area contributed by atoms with Crippen molar-refractivity contribution in [3.05, 3.63) is 21.6 Å². The van der Waals surface area contributed by atoms with Gasteiger partial charge in [-0.1, -0.05) is 0 Å². The van der Waals surface area contributed by atoms with E-state index in [0.29, 0.717) is 0 Å². The zero-order valence-corrected chi connectivity index (χ0v) is 10.0. The van der Waals surface area contributed by atoms with Crippen LogP contribution in [-0.4, -0.2) is 0 Å². The van der Waals surface area contributed by atoms with Gasteiger partial charge in [-0.2, -0.15) is 0 Å². The standard InChI is InChI=1S/C7H9.3ClH.Ti/c1-2-7-5-3-4-6-7;;;;/h3,5H,2,4H2,1H3;3*1H;/q;;;;+3/p-3. The number of allylic oxidation sites excluding steroid dienone is 4. The Labute approximate surface area is 98.5 Å². The van der Waals surface area contributed by atoms with Gasteiger partial charge in [-0.3, -0.25) is 0 Å². The van der Waals surface area contributed by atoms with E-state index in [0.717, 1.165) is 0 Å². The van der Waals surface area contributed by atoms with Gasteiger partial charge in [0.25, 0.3) is 0 Å². The average molecular weight is 247 g/mol. The molecule has 1 aliphatic carbocycles. The second-order valence-electron chi connectivity index (χ2n) is 1.96. The molecule has 0 aromatic heterocycles. The van der Waals surface area contributed by atoms with Crippen molar-refractivity contribution in [3.8, 4) is 0 Å². The maximum atomic E-state index is 2.23. The van der Waals surface area contributed by atoms with Crippen molar-refractivity contribution in [3.63, 3.8) is 0 Å². The summed E-state index contributed by atoms with van der Waals surface area (Å²) in [6.45, 7) is 2.20. The average Bonchev–Trinajstić information content (AvgIpc) is 2.14. The van der Waals surface area contributed by atoms with Crippen molar-refractivity contribution in [2.24, 2.45) is 0 Å². The third-order valence-electron chi connectivity index (χ3n) is 1.41. The Morgan fingerprint density at radius 2 is 1.91 bits per heavy atom. The summed E-state index contributed by atoms with van der Waals surface area (Å²) in [6, 6.07) is 0. The Kier molecular flexibility index (Phi) is 15.0. The molecule has 0 unspecified atom stereocenters. The first-order chi connectivity index (χ1) is 3.84. The van der Waals surface area contributed by atoms with Crippen molar-refractivity contribution >= 4 is 0 Å². The maximum absolute atomic E-state index is 2.23. The molecule has 0 aromatic rings. The Morgan fingerprint density at radius 3 is 2.09 bits per heavy atom. The Bertz CT molecular complexity index is 152. The van der Waals surface area contributed by atoms with Crippen LogP contribution in [0.4, 0.5) is 0 Å². The zero-order valence-electron chi connectivity index (χ0n) is 6.20. The van der Waals surface area contributed by atoms with Crippen LogP contribution in [0.15, 0.2) is 21.6 Å². The van der Waals surface area contributed by atoms with Gasteiger partial charge in [0.1, 0.15) is 0 Å². The number of hydrogen-bond donors (Lipinski definition) is 0. The van der Waals surface area contributed by atoms with Crippen LogP contribution in [0.2, 0.25) is 0 Å². The van der Waals surface area contributed by atoms with Gasteiger partial charge in [-0.25, -0.2) is 0 Å². The van der Waals surface area contributed by atoms with Crippen molar-refractivity contribution in [2.45, 2.75) is 19.8 Å². The van der Waals surface area contributed by atoms with E-state index in [-0.39, 0.29) is 37.2 Å². The summed E-state index contributed by atoms with van der Waals surface area (Å²) in [6.07, 6.45) is 6.84. The predicted octanol–water partition coefficient (Wildman–Crippen LogP) is -6.83. The minimum Gasteiger partial charge on any atom is -1.00 e. The molecule has 0 spiro atoms. The molecule has 62 valence electrons. The Morgan fingerprint density at radius 1 is 1.36 bits per heavy atom. The minimum atomic E-state index is 0. The van der Waals surface area contributed by atoms with Crippen LogP contribution in [0.1, 0.15) is 19.8 Å². The van der Waals surface area contributed by atoms with Gasteiger partial charge in [-0.15, -0.1) is 0 Å². The van der Waals surface area contributed by atoms with Gasteiger partial charge in [0.15, 0.2) is 0 Å². The van der Waals surface area contributed by atoms with Crippen molar-refractivity contribution < 1.29 is 57.7 Å². The van der Waals surface area contributed by atoms with Gasteiger partial charge in [-0.05, 0) is 0 Å². The monoisotopic (exact) mass is 246 g/mol. The third-order valence-corrected chi connectivity index (χ3v) is 2.23. The maximum Gasteiger partial charge on any atom is -1.00 e. The van der Waals surface area contributed by atoms with Crippen LogP contribution >= 0.6 is 0 Å². The molecule has 0 aromatic carbocycles. The van der Waals surface area contributed by atoms with E-state index in [2.05, 4.69) is 39.5 Å². The normalized spacial score (nSPS) is 13.4. The van der Waals surface area contributed by atoms with E-state index in [4.69, 9.17) is 0 Å². The molecule has 0 N–H and O–H groups in total. The predicted molar refractivity (Wildman–Crippen MR) is 31.1 cm³/mol. The molecular weight excluding hydrogens is 238 g/mol. The smallest absolute Gasteiger partial charge is 1.00 e. The molecule has 0 bridgehead atoms. The molecule has 0 saturated heterocycles. The van der Waals surface area contributed by atoms with Crippen LogP contribution in [0, 0.1) is 0 Å². The second kappa shape index (κ2) is 9.15. The molecule has 1 rings (SSSR count). The molecule has 1 aliphatic rings. The number of hydrogen-bond acceptors (Lipinski definition) is 0. The van der Waals surface area contributed by atoms with E-state index in [1.165, 1.54) is 18.4 Å². The number of rotatable bonds is 1. The molecule has 0 amide bonds. The molecule has 11 heavy (non-hydrogen) atoms. The third kappa shape index (κ3) is 5.33. The molecule has 0 heterocycles. The molecule has 0 nitrogen and oxygen atoms in total. The zero-order chi connectivity index (χ0) is 5.98. The van der Waals surface area contributed by atoms with Crippen molar-refractivity contribution in [2.75, 3.05) is 0 Å². The van der Waals surface area contributed by atoms with Gasteiger partial charge in [0.05, 0.1) is 0 Å². The fraction of sp³-hybridized carbons (Fsp3) is 0.429. The second-order valence-corrected chi connectivity index (χ2v) is 2.91. The van der Waals surface area contributed by atoms with Gasteiger partial charge < -0.3 is 37.2 Å². The molecular formula is C7H9Cl3Ti. The van der Waals surface area contributed by atoms with E-state index in [1.807, 2.05) is 0 Å².